The topological polar surface area (TPSA) is 253 Å². The van der Waals surface area contributed by atoms with E-state index in [0.717, 1.165) is 0 Å². The minimum Gasteiger partial charge on any atom is -0.508 e. The Morgan fingerprint density at radius 1 is 0.913 bits per heavy atom. The van der Waals surface area contributed by atoms with Gasteiger partial charge in [0.15, 0.2) is 0 Å². The molecule has 6 amide bonds. The normalized spacial score (nSPS) is 21.4. The molecular formula is C30H40N8O8. The van der Waals surface area contributed by atoms with Crippen molar-refractivity contribution in [3.8, 4) is 5.75 Å². The highest BCUT2D eigenvalue weighted by Gasteiger charge is 2.28. The minimum atomic E-state index is -1.45. The van der Waals surface area contributed by atoms with E-state index in [1.807, 2.05) is 0 Å². The molecule has 0 spiro atoms. The van der Waals surface area contributed by atoms with Crippen LogP contribution >= 0.6 is 0 Å². The summed E-state index contributed by atoms with van der Waals surface area (Å²) < 4.78 is 0. The van der Waals surface area contributed by atoms with Crippen LogP contribution in [0.25, 0.3) is 0 Å². The van der Waals surface area contributed by atoms with E-state index < -0.39 is 66.3 Å². The lowest BCUT2D eigenvalue weighted by atomic mass is 10.0. The van der Waals surface area contributed by atoms with Gasteiger partial charge in [-0.15, -0.1) is 0 Å². The highest BCUT2D eigenvalue weighted by molar-refractivity contribution is 5.94. The summed E-state index contributed by atoms with van der Waals surface area (Å²) in [5.41, 5.74) is 12.2. The number of phenolic OH excluding ortho intramolecular Hbond substituents is 1. The van der Waals surface area contributed by atoms with Gasteiger partial charge in [-0.05, 0) is 48.9 Å². The van der Waals surface area contributed by atoms with Gasteiger partial charge in [-0.1, -0.05) is 42.5 Å². The van der Waals surface area contributed by atoms with E-state index in [9.17, 15) is 39.0 Å². The van der Waals surface area contributed by atoms with E-state index in [-0.39, 0.29) is 38.1 Å². The second kappa shape index (κ2) is 17.9. The van der Waals surface area contributed by atoms with Gasteiger partial charge in [0.2, 0.25) is 23.6 Å². The summed E-state index contributed by atoms with van der Waals surface area (Å²) >= 11 is 0. The molecule has 1 aliphatic rings. The van der Waals surface area contributed by atoms with Gasteiger partial charge in [-0.2, -0.15) is 0 Å². The number of hydrogen-bond acceptors (Lipinski definition) is 9. The molecule has 1 saturated heterocycles. The number of amides is 6. The molecule has 16 heteroatoms. The van der Waals surface area contributed by atoms with Gasteiger partial charge in [0.05, 0.1) is 12.6 Å². The number of carboxylic acids is 1. The van der Waals surface area contributed by atoms with E-state index in [4.69, 9.17) is 5.73 Å². The molecule has 0 saturated carbocycles. The second-order valence-corrected chi connectivity index (χ2v) is 10.7. The van der Waals surface area contributed by atoms with E-state index in [1.165, 1.54) is 12.1 Å². The third-order valence-electron chi connectivity index (χ3n) is 7.05. The van der Waals surface area contributed by atoms with Crippen molar-refractivity contribution in [2.45, 2.75) is 56.3 Å². The van der Waals surface area contributed by atoms with Crippen LogP contribution in [0.4, 0.5) is 4.79 Å². The SMILES string of the molecule is N[C@@H](Cc1ccc(O)cc1)C(=O)N[C@@H]1CCCCNC(=O)NNC[C@@H](C(=O)O)NC(=O)[C@H](Cc2ccccc2)NC(=O)CNC1=O. The predicted molar refractivity (Wildman–Crippen MR) is 165 cm³/mol. The molecule has 1 heterocycles. The maximum Gasteiger partial charge on any atom is 0.329 e. The number of hydrogen-bond donors (Lipinski definition) is 10. The van der Waals surface area contributed by atoms with Crippen molar-refractivity contribution in [1.29, 1.82) is 0 Å². The van der Waals surface area contributed by atoms with Crippen LogP contribution in [0.15, 0.2) is 54.6 Å². The van der Waals surface area contributed by atoms with Gasteiger partial charge >= 0.3 is 12.0 Å². The van der Waals surface area contributed by atoms with Crippen molar-refractivity contribution in [3.63, 3.8) is 0 Å². The smallest absolute Gasteiger partial charge is 0.329 e. The van der Waals surface area contributed by atoms with Gasteiger partial charge in [0, 0.05) is 19.5 Å². The first kappa shape index (κ1) is 35.3. The molecule has 248 valence electrons. The Morgan fingerprint density at radius 2 is 1.63 bits per heavy atom. The Labute approximate surface area is 265 Å². The minimum absolute atomic E-state index is 0.0182. The highest BCUT2D eigenvalue weighted by atomic mass is 16.4. The Balaban J connectivity index is 1.73. The first-order chi connectivity index (χ1) is 22.0. The Kier molecular flexibility index (Phi) is 13.7. The monoisotopic (exact) mass is 640 g/mol. The fourth-order valence-corrected chi connectivity index (χ4v) is 4.55. The molecular weight excluding hydrogens is 600 g/mol. The van der Waals surface area contributed by atoms with Crippen molar-refractivity contribution in [2.75, 3.05) is 19.6 Å². The zero-order valence-electron chi connectivity index (χ0n) is 25.1. The predicted octanol–water partition coefficient (Wildman–Crippen LogP) is -1.85. The Morgan fingerprint density at radius 3 is 2.33 bits per heavy atom. The maximum atomic E-state index is 13.2. The molecule has 46 heavy (non-hydrogen) atoms. The van der Waals surface area contributed by atoms with Crippen molar-refractivity contribution in [1.82, 2.24) is 37.4 Å². The Bertz CT molecular complexity index is 1360. The summed E-state index contributed by atoms with van der Waals surface area (Å²) in [7, 11) is 0. The highest BCUT2D eigenvalue weighted by Crippen LogP contribution is 2.11. The summed E-state index contributed by atoms with van der Waals surface area (Å²) in [4.78, 5) is 76.1. The fourth-order valence-electron chi connectivity index (χ4n) is 4.55. The molecule has 0 aromatic heterocycles. The fraction of sp³-hybridized carbons (Fsp3) is 0.400. The number of benzene rings is 2. The van der Waals surface area contributed by atoms with Crippen LogP contribution in [-0.4, -0.2) is 89.6 Å². The van der Waals surface area contributed by atoms with E-state index in [2.05, 4.69) is 37.4 Å². The van der Waals surface area contributed by atoms with Gasteiger partial charge < -0.3 is 42.5 Å². The third kappa shape index (κ3) is 12.0. The largest absolute Gasteiger partial charge is 0.508 e. The molecule has 16 nitrogen and oxygen atoms in total. The van der Waals surface area contributed by atoms with Crippen molar-refractivity contribution in [2.24, 2.45) is 5.73 Å². The van der Waals surface area contributed by atoms with Crippen LogP contribution < -0.4 is 43.2 Å². The molecule has 2 aromatic rings. The summed E-state index contributed by atoms with van der Waals surface area (Å²) in [5.74, 6) is -4.10. The number of hydrazine groups is 1. The second-order valence-electron chi connectivity index (χ2n) is 10.7. The number of carboxylic acid groups (broad SMARTS) is 1. The number of nitrogens with two attached hydrogens (primary N) is 1. The van der Waals surface area contributed by atoms with E-state index >= 15 is 0 Å². The summed E-state index contributed by atoms with van der Waals surface area (Å²) in [6.45, 7) is -0.696. The van der Waals surface area contributed by atoms with Crippen LogP contribution in [0.2, 0.25) is 0 Å². The van der Waals surface area contributed by atoms with Crippen LogP contribution in [0, 0.1) is 0 Å². The lowest BCUT2D eigenvalue weighted by Gasteiger charge is -2.23. The first-order valence-corrected chi connectivity index (χ1v) is 14.8. The molecule has 3 rings (SSSR count). The molecule has 0 radical (unpaired) electrons. The molecule has 0 aliphatic carbocycles. The Hall–Kier alpha value is -5.22. The van der Waals surface area contributed by atoms with Crippen molar-refractivity contribution >= 4 is 35.6 Å². The molecule has 1 fully saturated rings. The van der Waals surface area contributed by atoms with Gasteiger partial charge in [-0.3, -0.25) is 24.6 Å². The molecule has 0 unspecified atom stereocenters. The van der Waals surface area contributed by atoms with Crippen LogP contribution in [-0.2, 0) is 36.8 Å². The average Bonchev–Trinajstić information content (AvgIpc) is 3.03. The summed E-state index contributed by atoms with van der Waals surface area (Å²) in [5, 5.41) is 31.7. The number of nitrogens with one attached hydrogen (secondary N) is 7. The molecule has 11 N–H and O–H groups in total. The summed E-state index contributed by atoms with van der Waals surface area (Å²) in [6, 6.07) is 9.51. The molecule has 4 atom stereocenters. The zero-order chi connectivity index (χ0) is 33.5. The van der Waals surface area contributed by atoms with Crippen molar-refractivity contribution in [3.05, 3.63) is 65.7 Å². The number of urea groups is 1. The van der Waals surface area contributed by atoms with E-state index in [0.29, 0.717) is 24.0 Å². The first-order valence-electron chi connectivity index (χ1n) is 14.8. The average molecular weight is 641 g/mol. The van der Waals surface area contributed by atoms with Gasteiger partial charge in [0.25, 0.3) is 0 Å². The third-order valence-corrected chi connectivity index (χ3v) is 7.05. The van der Waals surface area contributed by atoms with Crippen molar-refractivity contribution < 1.29 is 39.0 Å². The molecule has 2 aromatic carbocycles. The standard InChI is InChI=1S/C30H40N8O8/c31-21(14-19-9-11-20(39)12-10-19)26(41)36-22-8-4-5-13-32-30(46)38-34-16-24(29(44)45)37-28(43)23(15-18-6-2-1-3-7-18)35-25(40)17-33-27(22)42/h1-3,6-7,9-12,21-24,34,39H,4-5,8,13-17,31H2,(H,33,42)(H,35,40)(H,36,41)(H,37,43)(H,44,45)(H2,32,38,46)/t21-,22+,23-,24-/m0/s1. The number of aromatic hydroxyl groups is 1. The summed E-state index contributed by atoms with van der Waals surface area (Å²) in [6.07, 6.45) is 1.13. The van der Waals surface area contributed by atoms with Gasteiger partial charge in [-0.25, -0.2) is 15.0 Å². The number of aliphatic carboxylic acids is 1. The van der Waals surface area contributed by atoms with E-state index in [1.54, 1.807) is 42.5 Å². The maximum absolute atomic E-state index is 13.2. The number of carbonyl (C=O) groups is 6. The van der Waals surface area contributed by atoms with Crippen LogP contribution in [0.5, 0.6) is 5.75 Å². The quantitative estimate of drug-likeness (QED) is 0.162. The number of rotatable bonds is 7. The molecule has 1 aliphatic heterocycles. The zero-order valence-corrected chi connectivity index (χ0v) is 25.1. The lowest BCUT2D eigenvalue weighted by Crippen LogP contribution is -2.58. The van der Waals surface area contributed by atoms with Gasteiger partial charge in [0.1, 0.15) is 23.9 Å². The van der Waals surface area contributed by atoms with Crippen LogP contribution in [0.1, 0.15) is 30.4 Å². The number of carbonyl (C=O) groups excluding carboxylic acids is 5. The lowest BCUT2D eigenvalue weighted by molar-refractivity contribution is -0.142. The molecule has 0 bridgehead atoms. The van der Waals surface area contributed by atoms with Crippen LogP contribution in [0.3, 0.4) is 0 Å². The number of phenols is 1.